The number of aromatic nitrogens is 2. The fourth-order valence-corrected chi connectivity index (χ4v) is 3.84. The van der Waals surface area contributed by atoms with Crippen LogP contribution in [0.4, 0.5) is 0 Å². The normalized spacial score (nSPS) is 10.9. The van der Waals surface area contributed by atoms with Crippen molar-refractivity contribution in [3.63, 3.8) is 0 Å². The van der Waals surface area contributed by atoms with Crippen LogP contribution in [0.2, 0.25) is 0 Å². The molecule has 3 N–H and O–H groups in total. The van der Waals surface area contributed by atoms with Crippen LogP contribution in [0.15, 0.2) is 34.2 Å². The zero-order valence-electron chi connectivity index (χ0n) is 17.0. The topological polar surface area (TPSA) is 107 Å². The van der Waals surface area contributed by atoms with Crippen molar-refractivity contribution in [2.24, 2.45) is 5.73 Å². The van der Waals surface area contributed by atoms with Crippen LogP contribution in [0, 0.1) is 0 Å². The number of primary amides is 1. The first kappa shape index (κ1) is 22.9. The molecule has 0 aliphatic carbocycles. The number of nitrogens with zero attached hydrogens (tertiary/aromatic N) is 2. The van der Waals surface area contributed by atoms with Crippen molar-refractivity contribution < 1.29 is 9.59 Å². The zero-order valence-corrected chi connectivity index (χ0v) is 17.8. The first-order chi connectivity index (χ1) is 14.0. The maximum Gasteiger partial charge on any atom is 0.262 e. The molecule has 0 aliphatic rings. The number of para-hydroxylation sites is 1. The molecule has 0 fully saturated rings. The number of fused-ring (bicyclic) bond motifs is 1. The molecular weight excluding hydrogens is 388 g/mol. The van der Waals surface area contributed by atoms with Crippen molar-refractivity contribution in [3.8, 4) is 0 Å². The van der Waals surface area contributed by atoms with E-state index in [0.29, 0.717) is 42.0 Å². The third kappa shape index (κ3) is 7.53. The Morgan fingerprint density at radius 3 is 2.69 bits per heavy atom. The van der Waals surface area contributed by atoms with Crippen molar-refractivity contribution in [2.45, 2.75) is 63.6 Å². The fraction of sp³-hybridized carbons (Fsp3) is 0.524. The Hall–Kier alpha value is -2.35. The van der Waals surface area contributed by atoms with Crippen LogP contribution in [-0.4, -0.2) is 33.7 Å². The number of carbonyl (C=O) groups is 2. The number of nitrogens with one attached hydrogen (secondary N) is 1. The molecule has 8 heteroatoms. The molecule has 0 bridgehead atoms. The first-order valence-corrected chi connectivity index (χ1v) is 11.2. The summed E-state index contributed by atoms with van der Waals surface area (Å²) in [6.07, 6.45) is 5.76. The zero-order chi connectivity index (χ0) is 21.1. The number of hydrogen-bond acceptors (Lipinski definition) is 5. The number of nitrogens with two attached hydrogens (primary N) is 1. The Balaban J connectivity index is 2.06. The summed E-state index contributed by atoms with van der Waals surface area (Å²) in [6.45, 7) is 3.29. The van der Waals surface area contributed by atoms with Crippen LogP contribution < -0.4 is 16.6 Å². The molecule has 2 rings (SSSR count). The lowest BCUT2D eigenvalue weighted by atomic mass is 10.2. The highest BCUT2D eigenvalue weighted by molar-refractivity contribution is 7.99. The van der Waals surface area contributed by atoms with Crippen LogP contribution in [0.1, 0.15) is 51.9 Å². The molecule has 0 aliphatic heterocycles. The van der Waals surface area contributed by atoms with E-state index < -0.39 is 0 Å². The molecule has 0 spiro atoms. The number of hydrogen-bond donors (Lipinski definition) is 2. The van der Waals surface area contributed by atoms with E-state index in [0.717, 1.165) is 32.1 Å². The smallest absolute Gasteiger partial charge is 0.262 e. The van der Waals surface area contributed by atoms with Crippen LogP contribution in [0.5, 0.6) is 0 Å². The molecule has 29 heavy (non-hydrogen) atoms. The molecule has 0 saturated heterocycles. The summed E-state index contributed by atoms with van der Waals surface area (Å²) < 4.78 is 1.64. The third-order valence-corrected chi connectivity index (χ3v) is 5.54. The van der Waals surface area contributed by atoms with E-state index in [-0.39, 0.29) is 23.1 Å². The molecule has 7 nitrogen and oxygen atoms in total. The lowest BCUT2D eigenvalue weighted by Crippen LogP contribution is -2.27. The maximum atomic E-state index is 12.9. The van der Waals surface area contributed by atoms with E-state index in [1.54, 1.807) is 10.6 Å². The molecule has 0 saturated carbocycles. The summed E-state index contributed by atoms with van der Waals surface area (Å²) in [6, 6.07) is 7.24. The summed E-state index contributed by atoms with van der Waals surface area (Å²) in [5.41, 5.74) is 5.70. The standard InChI is InChI=1S/C21H30N4O3S/c1-2-3-8-13-23-19(27)15-29-21-24-17-11-7-6-10-16(17)20(28)25(21)14-9-4-5-12-18(22)26/h6-7,10-11H,2-5,8-9,12-15H2,1H3,(H2,22,26)(H,23,27). The summed E-state index contributed by atoms with van der Waals surface area (Å²) in [5.74, 6) is -0.143. The van der Waals surface area contributed by atoms with Crippen molar-refractivity contribution >= 4 is 34.5 Å². The summed E-state index contributed by atoms with van der Waals surface area (Å²) in [4.78, 5) is 40.5. The van der Waals surface area contributed by atoms with E-state index in [2.05, 4.69) is 17.2 Å². The largest absolute Gasteiger partial charge is 0.370 e. The Morgan fingerprint density at radius 1 is 1.14 bits per heavy atom. The second-order valence-electron chi connectivity index (χ2n) is 6.99. The number of amides is 2. The van der Waals surface area contributed by atoms with Gasteiger partial charge in [-0.15, -0.1) is 0 Å². The van der Waals surface area contributed by atoms with Crippen LogP contribution in [-0.2, 0) is 16.1 Å². The van der Waals surface area contributed by atoms with Gasteiger partial charge >= 0.3 is 0 Å². The van der Waals surface area contributed by atoms with Crippen molar-refractivity contribution in [3.05, 3.63) is 34.6 Å². The highest BCUT2D eigenvalue weighted by Gasteiger charge is 2.13. The maximum absolute atomic E-state index is 12.9. The predicted octanol–water partition coefficient (Wildman–Crippen LogP) is 2.84. The molecule has 1 aromatic heterocycles. The van der Waals surface area contributed by atoms with Crippen molar-refractivity contribution in [1.82, 2.24) is 14.9 Å². The molecule has 0 radical (unpaired) electrons. The first-order valence-electron chi connectivity index (χ1n) is 10.2. The monoisotopic (exact) mass is 418 g/mol. The van der Waals surface area contributed by atoms with Crippen LogP contribution in [0.25, 0.3) is 10.9 Å². The summed E-state index contributed by atoms with van der Waals surface area (Å²) >= 11 is 1.28. The molecular formula is C21H30N4O3S. The van der Waals surface area contributed by atoms with Crippen LogP contribution in [0.3, 0.4) is 0 Å². The average molecular weight is 419 g/mol. The number of thioether (sulfide) groups is 1. The summed E-state index contributed by atoms with van der Waals surface area (Å²) in [5, 5.41) is 4.03. The van der Waals surface area contributed by atoms with E-state index in [1.165, 1.54) is 11.8 Å². The minimum absolute atomic E-state index is 0.0541. The van der Waals surface area contributed by atoms with Gasteiger partial charge in [-0.05, 0) is 31.4 Å². The predicted molar refractivity (Wildman–Crippen MR) is 117 cm³/mol. The SMILES string of the molecule is CCCCCNC(=O)CSc1nc2ccccc2c(=O)n1CCCCCC(N)=O. The van der Waals surface area contributed by atoms with Gasteiger partial charge in [-0.1, -0.05) is 50.1 Å². The van der Waals surface area contributed by atoms with Gasteiger partial charge in [0.05, 0.1) is 16.7 Å². The average Bonchev–Trinajstić information content (AvgIpc) is 2.71. The minimum atomic E-state index is -0.310. The van der Waals surface area contributed by atoms with Crippen LogP contribution >= 0.6 is 11.8 Å². The van der Waals surface area contributed by atoms with Gasteiger partial charge in [-0.25, -0.2) is 4.98 Å². The van der Waals surface area contributed by atoms with Crippen molar-refractivity contribution in [1.29, 1.82) is 0 Å². The number of rotatable bonds is 13. The Kier molecular flexibility index (Phi) is 9.70. The molecule has 0 atom stereocenters. The van der Waals surface area contributed by atoms with Gasteiger partial charge in [-0.2, -0.15) is 0 Å². The molecule has 2 aromatic rings. The molecule has 2 amide bonds. The summed E-state index contributed by atoms with van der Waals surface area (Å²) in [7, 11) is 0. The van der Waals surface area contributed by atoms with Crippen molar-refractivity contribution in [2.75, 3.05) is 12.3 Å². The Morgan fingerprint density at radius 2 is 1.93 bits per heavy atom. The second kappa shape index (κ2) is 12.3. The van der Waals surface area contributed by atoms with E-state index in [9.17, 15) is 14.4 Å². The van der Waals surface area contributed by atoms with Gasteiger partial charge < -0.3 is 11.1 Å². The quantitative estimate of drug-likeness (QED) is 0.295. The van der Waals surface area contributed by atoms with Gasteiger partial charge in [0, 0.05) is 19.5 Å². The van der Waals surface area contributed by atoms with E-state index in [4.69, 9.17) is 5.73 Å². The second-order valence-corrected chi connectivity index (χ2v) is 7.93. The van der Waals surface area contributed by atoms with Gasteiger partial charge in [0.25, 0.3) is 5.56 Å². The third-order valence-electron chi connectivity index (χ3n) is 4.57. The lowest BCUT2D eigenvalue weighted by Gasteiger charge is -2.13. The van der Waals surface area contributed by atoms with Gasteiger partial charge in [0.15, 0.2) is 5.16 Å². The van der Waals surface area contributed by atoms with E-state index in [1.807, 2.05) is 18.2 Å². The fourth-order valence-electron chi connectivity index (χ4n) is 2.98. The Bertz CT molecular complexity index is 882. The molecule has 158 valence electrons. The van der Waals surface area contributed by atoms with Gasteiger partial charge in [0.1, 0.15) is 0 Å². The lowest BCUT2D eigenvalue weighted by molar-refractivity contribution is -0.119. The molecule has 1 heterocycles. The minimum Gasteiger partial charge on any atom is -0.370 e. The number of benzene rings is 1. The highest BCUT2D eigenvalue weighted by atomic mass is 32.2. The Labute approximate surface area is 175 Å². The molecule has 1 aromatic carbocycles. The van der Waals surface area contributed by atoms with Gasteiger partial charge in [-0.3, -0.25) is 19.0 Å². The number of carbonyl (C=O) groups excluding carboxylic acids is 2. The highest BCUT2D eigenvalue weighted by Crippen LogP contribution is 2.18. The van der Waals surface area contributed by atoms with Gasteiger partial charge in [0.2, 0.25) is 11.8 Å². The number of unbranched alkanes of at least 4 members (excludes halogenated alkanes) is 4. The molecule has 0 unspecified atom stereocenters. The van der Waals surface area contributed by atoms with E-state index >= 15 is 0 Å².